The molecule has 1 saturated heterocycles. The van der Waals surface area contributed by atoms with Crippen molar-refractivity contribution in [2.45, 2.75) is 26.7 Å². The lowest BCUT2D eigenvalue weighted by atomic mass is 9.97. The molecule has 5 heteroatoms. The van der Waals surface area contributed by atoms with Crippen molar-refractivity contribution >= 4 is 17.4 Å². The molecule has 2 heterocycles. The van der Waals surface area contributed by atoms with Gasteiger partial charge in [0.15, 0.2) is 0 Å². The summed E-state index contributed by atoms with van der Waals surface area (Å²) in [7, 11) is 1.57. The van der Waals surface area contributed by atoms with Crippen molar-refractivity contribution in [1.82, 2.24) is 9.80 Å². The Hall–Kier alpha value is -2.14. The minimum Gasteiger partial charge on any atom is -0.383 e. The molecule has 5 nitrogen and oxygen atoms in total. The number of likely N-dealkylation sites (tertiary alicyclic amines) is 1. The van der Waals surface area contributed by atoms with Crippen LogP contribution in [0.4, 0.5) is 0 Å². The summed E-state index contributed by atoms with van der Waals surface area (Å²) >= 11 is 0. The summed E-state index contributed by atoms with van der Waals surface area (Å²) in [6, 6.07) is 6.01. The van der Waals surface area contributed by atoms with Crippen LogP contribution in [-0.4, -0.2) is 55.0 Å². The molecule has 3 rings (SSSR count). The third kappa shape index (κ3) is 2.84. The van der Waals surface area contributed by atoms with Crippen molar-refractivity contribution in [1.29, 1.82) is 0 Å². The molecule has 128 valence electrons. The molecule has 0 N–H and O–H groups in total. The molecular weight excluding hydrogens is 304 g/mol. The van der Waals surface area contributed by atoms with Gasteiger partial charge in [0.25, 0.3) is 11.8 Å². The number of nitrogens with zero attached hydrogens (tertiary/aromatic N) is 2. The maximum absolute atomic E-state index is 13.0. The first-order valence-electron chi connectivity index (χ1n) is 8.46. The highest BCUT2D eigenvalue weighted by atomic mass is 16.5. The van der Waals surface area contributed by atoms with E-state index in [0.717, 1.165) is 42.6 Å². The first-order valence-corrected chi connectivity index (χ1v) is 8.46. The zero-order chi connectivity index (χ0) is 17.3. The van der Waals surface area contributed by atoms with Crippen LogP contribution in [0.2, 0.25) is 0 Å². The summed E-state index contributed by atoms with van der Waals surface area (Å²) in [6.07, 6.45) is 2.12. The average Bonchev–Trinajstić information content (AvgIpc) is 3.14. The second kappa shape index (κ2) is 6.77. The van der Waals surface area contributed by atoms with E-state index in [1.165, 1.54) is 4.90 Å². The third-order valence-electron chi connectivity index (χ3n) is 4.74. The molecule has 2 amide bonds. The van der Waals surface area contributed by atoms with Gasteiger partial charge in [0, 0.05) is 20.2 Å². The van der Waals surface area contributed by atoms with E-state index in [1.54, 1.807) is 7.11 Å². The van der Waals surface area contributed by atoms with Gasteiger partial charge in [-0.1, -0.05) is 23.8 Å². The minimum absolute atomic E-state index is 0.186. The van der Waals surface area contributed by atoms with E-state index in [-0.39, 0.29) is 11.8 Å². The molecule has 1 aromatic carbocycles. The number of hydrogen-bond acceptors (Lipinski definition) is 4. The Bertz CT molecular complexity index is 703. The second-order valence-electron chi connectivity index (χ2n) is 6.49. The van der Waals surface area contributed by atoms with Crippen LogP contribution in [0.15, 0.2) is 23.9 Å². The number of hydrogen-bond donors (Lipinski definition) is 0. The van der Waals surface area contributed by atoms with E-state index in [0.29, 0.717) is 24.4 Å². The number of amides is 2. The van der Waals surface area contributed by atoms with E-state index < -0.39 is 0 Å². The fourth-order valence-corrected chi connectivity index (χ4v) is 3.52. The van der Waals surface area contributed by atoms with Crippen molar-refractivity contribution < 1.29 is 14.3 Å². The number of carbonyl (C=O) groups excluding carboxylic acids is 2. The van der Waals surface area contributed by atoms with E-state index in [9.17, 15) is 9.59 Å². The normalized spacial score (nSPS) is 18.3. The standard InChI is InChI=1S/C19H24N2O3/c1-13-6-7-15(14(2)12-13)16-17(20-8-4-5-9-20)19(23)21(18(16)22)10-11-24-3/h6-7,12H,4-5,8-11H2,1-3H3. The van der Waals surface area contributed by atoms with E-state index in [2.05, 4.69) is 11.0 Å². The van der Waals surface area contributed by atoms with Crippen LogP contribution in [0.3, 0.4) is 0 Å². The quantitative estimate of drug-likeness (QED) is 0.777. The Morgan fingerprint density at radius 1 is 1.08 bits per heavy atom. The predicted molar refractivity (Wildman–Crippen MR) is 92.2 cm³/mol. The lowest BCUT2D eigenvalue weighted by Gasteiger charge is -2.20. The van der Waals surface area contributed by atoms with Crippen LogP contribution in [-0.2, 0) is 14.3 Å². The molecule has 0 atom stereocenters. The van der Waals surface area contributed by atoms with Crippen LogP contribution in [0.1, 0.15) is 29.5 Å². The summed E-state index contributed by atoms with van der Waals surface area (Å²) in [4.78, 5) is 29.3. The third-order valence-corrected chi connectivity index (χ3v) is 4.74. The average molecular weight is 328 g/mol. The molecule has 0 radical (unpaired) electrons. The molecule has 24 heavy (non-hydrogen) atoms. The molecule has 0 spiro atoms. The number of methoxy groups -OCH3 is 1. The highest BCUT2D eigenvalue weighted by molar-refractivity contribution is 6.35. The molecule has 1 aromatic rings. The van der Waals surface area contributed by atoms with Gasteiger partial charge in [-0.15, -0.1) is 0 Å². The van der Waals surface area contributed by atoms with E-state index >= 15 is 0 Å². The zero-order valence-corrected chi connectivity index (χ0v) is 14.6. The van der Waals surface area contributed by atoms with Gasteiger partial charge in [-0.2, -0.15) is 0 Å². The number of rotatable bonds is 5. The summed E-state index contributed by atoms with van der Waals surface area (Å²) < 4.78 is 5.06. The van der Waals surface area contributed by atoms with Gasteiger partial charge in [0.1, 0.15) is 5.70 Å². The molecule has 0 aromatic heterocycles. The van der Waals surface area contributed by atoms with Crippen LogP contribution < -0.4 is 0 Å². The van der Waals surface area contributed by atoms with Gasteiger partial charge in [0.05, 0.1) is 18.7 Å². The lowest BCUT2D eigenvalue weighted by molar-refractivity contribution is -0.138. The van der Waals surface area contributed by atoms with Crippen molar-refractivity contribution in [2.75, 3.05) is 33.4 Å². The van der Waals surface area contributed by atoms with E-state index in [1.807, 2.05) is 26.0 Å². The fourth-order valence-electron chi connectivity index (χ4n) is 3.52. The molecule has 0 unspecified atom stereocenters. The number of carbonyl (C=O) groups is 2. The maximum Gasteiger partial charge on any atom is 0.277 e. The Labute approximate surface area is 142 Å². The Morgan fingerprint density at radius 2 is 1.79 bits per heavy atom. The molecule has 2 aliphatic heterocycles. The molecule has 1 fully saturated rings. The second-order valence-corrected chi connectivity index (χ2v) is 6.49. The van der Waals surface area contributed by atoms with Crippen molar-refractivity contribution in [3.05, 3.63) is 40.6 Å². The van der Waals surface area contributed by atoms with E-state index in [4.69, 9.17) is 4.74 Å². The van der Waals surface area contributed by atoms with Crippen molar-refractivity contribution in [3.8, 4) is 0 Å². The smallest absolute Gasteiger partial charge is 0.277 e. The number of aryl methyl sites for hydroxylation is 2. The maximum atomic E-state index is 13.0. The lowest BCUT2D eigenvalue weighted by Crippen LogP contribution is -2.36. The van der Waals surface area contributed by atoms with Gasteiger partial charge in [-0.05, 0) is 37.8 Å². The van der Waals surface area contributed by atoms with Crippen LogP contribution >= 0.6 is 0 Å². The SMILES string of the molecule is COCCN1C(=O)C(c2ccc(C)cc2C)=C(N2CCCC2)C1=O. The van der Waals surface area contributed by atoms with Gasteiger partial charge < -0.3 is 9.64 Å². The van der Waals surface area contributed by atoms with Crippen LogP contribution in [0, 0.1) is 13.8 Å². The largest absolute Gasteiger partial charge is 0.383 e. The highest BCUT2D eigenvalue weighted by Crippen LogP contribution is 2.34. The molecule has 2 aliphatic rings. The van der Waals surface area contributed by atoms with Gasteiger partial charge in [-0.3, -0.25) is 14.5 Å². The minimum atomic E-state index is -0.203. The van der Waals surface area contributed by atoms with Gasteiger partial charge >= 0.3 is 0 Å². The van der Waals surface area contributed by atoms with Crippen LogP contribution in [0.5, 0.6) is 0 Å². The number of ether oxygens (including phenoxy) is 1. The summed E-state index contributed by atoms with van der Waals surface area (Å²) in [5.74, 6) is -0.389. The highest BCUT2D eigenvalue weighted by Gasteiger charge is 2.42. The molecule has 0 bridgehead atoms. The topological polar surface area (TPSA) is 49.9 Å². The summed E-state index contributed by atoms with van der Waals surface area (Å²) in [5.41, 5.74) is 4.15. The van der Waals surface area contributed by atoms with Crippen molar-refractivity contribution in [2.24, 2.45) is 0 Å². The number of benzene rings is 1. The Morgan fingerprint density at radius 3 is 2.42 bits per heavy atom. The monoisotopic (exact) mass is 328 g/mol. The number of imide groups is 1. The summed E-state index contributed by atoms with van der Waals surface area (Å²) in [5, 5.41) is 0. The Balaban J connectivity index is 2.08. The summed E-state index contributed by atoms with van der Waals surface area (Å²) in [6.45, 7) is 6.33. The molecule has 0 saturated carbocycles. The zero-order valence-electron chi connectivity index (χ0n) is 14.6. The van der Waals surface area contributed by atoms with Gasteiger partial charge in [-0.25, -0.2) is 0 Å². The van der Waals surface area contributed by atoms with Crippen LogP contribution in [0.25, 0.3) is 5.57 Å². The first-order chi connectivity index (χ1) is 11.5. The molecular formula is C19H24N2O3. The predicted octanol–water partition coefficient (Wildman–Crippen LogP) is 2.13. The first kappa shape index (κ1) is 16.7. The Kier molecular flexibility index (Phi) is 4.71. The fraction of sp³-hybridized carbons (Fsp3) is 0.474. The molecule has 0 aliphatic carbocycles. The van der Waals surface area contributed by atoms with Gasteiger partial charge in [0.2, 0.25) is 0 Å². The van der Waals surface area contributed by atoms with Crippen molar-refractivity contribution in [3.63, 3.8) is 0 Å².